The lowest BCUT2D eigenvalue weighted by Gasteiger charge is -2.31. The molecule has 35 heavy (non-hydrogen) atoms. The number of ether oxygens (including phenoxy) is 2. The van der Waals surface area contributed by atoms with Crippen molar-refractivity contribution < 1.29 is 32.2 Å². The van der Waals surface area contributed by atoms with Gasteiger partial charge in [-0.2, -0.15) is 17.7 Å². The summed E-state index contributed by atoms with van der Waals surface area (Å²) >= 11 is 0. The molecule has 0 bridgehead atoms. The van der Waals surface area contributed by atoms with Crippen molar-refractivity contribution in [1.29, 1.82) is 0 Å². The fourth-order valence-electron chi connectivity index (χ4n) is 3.83. The summed E-state index contributed by atoms with van der Waals surface area (Å²) < 4.78 is 50.4. The van der Waals surface area contributed by atoms with Crippen molar-refractivity contribution in [2.24, 2.45) is 5.92 Å². The van der Waals surface area contributed by atoms with Crippen LogP contribution in [0.3, 0.4) is 0 Å². The molecule has 0 atom stereocenters. The number of carbonyl (C=O) groups is 2. The van der Waals surface area contributed by atoms with E-state index in [0.717, 1.165) is 5.56 Å². The lowest BCUT2D eigenvalue weighted by Crippen LogP contribution is -2.38. The number of halogens is 3. The fraction of sp³-hybridized carbons (Fsp3) is 0.409. The van der Waals surface area contributed by atoms with Gasteiger partial charge >= 0.3 is 12.1 Å². The van der Waals surface area contributed by atoms with Crippen LogP contribution in [0.15, 0.2) is 30.3 Å². The Bertz CT molecular complexity index is 1240. The van der Waals surface area contributed by atoms with Gasteiger partial charge < -0.3 is 19.7 Å². The summed E-state index contributed by atoms with van der Waals surface area (Å²) in [5.74, 6) is -1.82. The smallest absolute Gasteiger partial charge is 0.453 e. The van der Waals surface area contributed by atoms with Crippen molar-refractivity contribution in [3.63, 3.8) is 0 Å². The zero-order chi connectivity index (χ0) is 25.2. The maximum absolute atomic E-state index is 13.1. The van der Waals surface area contributed by atoms with Gasteiger partial charge in [0.1, 0.15) is 11.6 Å². The molecule has 186 valence electrons. The summed E-state index contributed by atoms with van der Waals surface area (Å²) in [4.78, 5) is 26.5. The summed E-state index contributed by atoms with van der Waals surface area (Å²) in [6.07, 6.45) is -3.88. The molecule has 3 aromatic rings. The summed E-state index contributed by atoms with van der Waals surface area (Å²) in [7, 11) is 1.49. The first-order valence-corrected chi connectivity index (χ1v) is 10.8. The highest BCUT2D eigenvalue weighted by Crippen LogP contribution is 2.29. The van der Waals surface area contributed by atoms with Crippen molar-refractivity contribution in [2.75, 3.05) is 37.0 Å². The van der Waals surface area contributed by atoms with E-state index in [1.54, 1.807) is 23.1 Å². The summed E-state index contributed by atoms with van der Waals surface area (Å²) in [6, 6.07) is 8.29. The first-order chi connectivity index (χ1) is 16.7. The van der Waals surface area contributed by atoms with Crippen LogP contribution in [0, 0.1) is 12.8 Å². The molecule has 10 nitrogen and oxygen atoms in total. The standard InChI is InChI=1S/C22H23F3N6O4/c1-13-3-4-16(34-2)15(11-13)26-19(32)12-35-20(33)14-7-9-30(10-8-14)18-6-5-17-27-28-21(22(23,24)25)31(17)29-18/h3-6,11,14H,7-10,12H2,1-2H3,(H,26,32). The molecule has 0 aliphatic carbocycles. The van der Waals surface area contributed by atoms with Crippen LogP contribution < -0.4 is 15.0 Å². The molecule has 1 N–H and O–H groups in total. The summed E-state index contributed by atoms with van der Waals surface area (Å²) in [6.45, 7) is 2.20. The van der Waals surface area contributed by atoms with Crippen LogP contribution in [0.25, 0.3) is 5.65 Å². The quantitative estimate of drug-likeness (QED) is 0.523. The predicted octanol–water partition coefficient (Wildman–Crippen LogP) is 2.86. The number of anilines is 2. The number of piperidine rings is 1. The third-order valence-corrected chi connectivity index (χ3v) is 5.63. The molecule has 2 aromatic heterocycles. The van der Waals surface area contributed by atoms with Gasteiger partial charge in [0, 0.05) is 13.1 Å². The minimum atomic E-state index is -4.68. The highest BCUT2D eigenvalue weighted by molar-refractivity contribution is 5.94. The van der Waals surface area contributed by atoms with Crippen molar-refractivity contribution >= 4 is 29.0 Å². The number of rotatable bonds is 6. The third-order valence-electron chi connectivity index (χ3n) is 5.63. The number of nitrogens with zero attached hydrogens (tertiary/aromatic N) is 5. The van der Waals surface area contributed by atoms with Crippen LogP contribution in [0.5, 0.6) is 5.75 Å². The van der Waals surface area contributed by atoms with Crippen LogP contribution in [0.4, 0.5) is 24.7 Å². The topological polar surface area (TPSA) is 111 Å². The van der Waals surface area contributed by atoms with Gasteiger partial charge in [0.15, 0.2) is 12.3 Å². The van der Waals surface area contributed by atoms with Gasteiger partial charge in [-0.15, -0.1) is 15.3 Å². The Morgan fingerprint density at radius 1 is 1.14 bits per heavy atom. The number of benzene rings is 1. The number of alkyl halides is 3. The van der Waals surface area contributed by atoms with E-state index in [2.05, 4.69) is 20.6 Å². The Kier molecular flexibility index (Phi) is 6.76. The molecule has 3 heterocycles. The SMILES string of the molecule is COc1ccc(C)cc1NC(=O)COC(=O)C1CCN(c2ccc3nnc(C(F)(F)F)n3n2)CC1. The molecular formula is C22H23F3N6O4. The Morgan fingerprint density at radius 2 is 1.89 bits per heavy atom. The molecule has 1 aliphatic heterocycles. The van der Waals surface area contributed by atoms with Gasteiger partial charge in [-0.05, 0) is 49.6 Å². The van der Waals surface area contributed by atoms with Crippen LogP contribution in [-0.4, -0.2) is 58.5 Å². The first-order valence-electron chi connectivity index (χ1n) is 10.8. The first kappa shape index (κ1) is 24.2. The number of fused-ring (bicyclic) bond motifs is 1. The molecular weight excluding hydrogens is 469 g/mol. The Labute approximate surface area is 198 Å². The number of aryl methyl sites for hydroxylation is 1. The van der Waals surface area contributed by atoms with Crippen LogP contribution >= 0.6 is 0 Å². The molecule has 4 rings (SSSR count). The Morgan fingerprint density at radius 3 is 2.57 bits per heavy atom. The molecule has 0 unspecified atom stereocenters. The molecule has 0 saturated carbocycles. The number of aromatic nitrogens is 4. The number of esters is 1. The molecule has 1 fully saturated rings. The van der Waals surface area contributed by atoms with E-state index in [9.17, 15) is 22.8 Å². The highest BCUT2D eigenvalue weighted by Gasteiger charge is 2.38. The Balaban J connectivity index is 1.31. The van der Waals surface area contributed by atoms with Crippen molar-refractivity contribution in [2.45, 2.75) is 25.9 Å². The molecule has 1 amide bonds. The molecule has 1 aliphatic rings. The molecule has 0 spiro atoms. The largest absolute Gasteiger partial charge is 0.495 e. The molecule has 0 radical (unpaired) electrons. The van der Waals surface area contributed by atoms with Crippen LogP contribution in [-0.2, 0) is 20.5 Å². The molecule has 13 heteroatoms. The van der Waals surface area contributed by atoms with Crippen LogP contribution in [0.2, 0.25) is 0 Å². The monoisotopic (exact) mass is 492 g/mol. The Hall–Kier alpha value is -3.90. The number of methoxy groups -OCH3 is 1. The minimum Gasteiger partial charge on any atom is -0.495 e. The van der Waals surface area contributed by atoms with E-state index in [0.29, 0.717) is 47.7 Å². The lowest BCUT2D eigenvalue weighted by molar-refractivity contribution is -0.152. The van der Waals surface area contributed by atoms with Crippen molar-refractivity contribution in [1.82, 2.24) is 19.8 Å². The second-order valence-corrected chi connectivity index (χ2v) is 8.10. The second-order valence-electron chi connectivity index (χ2n) is 8.10. The maximum Gasteiger partial charge on any atom is 0.453 e. The average molecular weight is 492 g/mol. The number of nitrogens with one attached hydrogen (secondary N) is 1. The minimum absolute atomic E-state index is 0.0129. The number of hydrogen-bond donors (Lipinski definition) is 1. The lowest BCUT2D eigenvalue weighted by atomic mass is 9.97. The number of carbonyl (C=O) groups excluding carboxylic acids is 2. The zero-order valence-corrected chi connectivity index (χ0v) is 19.0. The van der Waals surface area contributed by atoms with Gasteiger partial charge in [-0.3, -0.25) is 9.59 Å². The van der Waals surface area contributed by atoms with Crippen molar-refractivity contribution in [3.05, 3.63) is 41.7 Å². The average Bonchev–Trinajstić information content (AvgIpc) is 3.27. The zero-order valence-electron chi connectivity index (χ0n) is 19.0. The van der Waals surface area contributed by atoms with E-state index in [4.69, 9.17) is 9.47 Å². The van der Waals surface area contributed by atoms with Crippen LogP contribution in [0.1, 0.15) is 24.2 Å². The van der Waals surface area contributed by atoms with Gasteiger partial charge in [-0.25, -0.2) is 0 Å². The second kappa shape index (κ2) is 9.76. The molecule has 1 aromatic carbocycles. The van der Waals surface area contributed by atoms with E-state index in [1.807, 2.05) is 13.0 Å². The summed E-state index contributed by atoms with van der Waals surface area (Å²) in [5.41, 5.74) is 1.40. The normalized spacial score (nSPS) is 14.7. The summed E-state index contributed by atoms with van der Waals surface area (Å²) in [5, 5.41) is 13.4. The van der Waals surface area contributed by atoms with Crippen molar-refractivity contribution in [3.8, 4) is 5.75 Å². The van der Waals surface area contributed by atoms with Gasteiger partial charge in [0.25, 0.3) is 11.7 Å². The predicted molar refractivity (Wildman–Crippen MR) is 118 cm³/mol. The third kappa shape index (κ3) is 5.44. The fourth-order valence-corrected chi connectivity index (χ4v) is 3.83. The maximum atomic E-state index is 13.1. The van der Waals surface area contributed by atoms with E-state index in [-0.39, 0.29) is 5.65 Å². The van der Waals surface area contributed by atoms with E-state index in [1.165, 1.54) is 13.2 Å². The van der Waals surface area contributed by atoms with Gasteiger partial charge in [-0.1, -0.05) is 6.07 Å². The number of hydrogen-bond acceptors (Lipinski definition) is 8. The van der Waals surface area contributed by atoms with Gasteiger partial charge in [0.05, 0.1) is 18.7 Å². The van der Waals surface area contributed by atoms with E-state index < -0.39 is 36.4 Å². The molecule has 1 saturated heterocycles. The number of amides is 1. The van der Waals surface area contributed by atoms with E-state index >= 15 is 0 Å². The van der Waals surface area contributed by atoms with Gasteiger partial charge in [0.2, 0.25) is 0 Å². The highest BCUT2D eigenvalue weighted by atomic mass is 19.4.